The number of amides is 3. The van der Waals surface area contributed by atoms with Gasteiger partial charge in [0.25, 0.3) is 11.5 Å². The van der Waals surface area contributed by atoms with Crippen molar-refractivity contribution in [1.82, 2.24) is 20.2 Å². The molecule has 0 bridgehead atoms. The lowest BCUT2D eigenvalue weighted by molar-refractivity contribution is -0.138. The SMILES string of the molecule is CCC1C(=O)NC(=O)CN1C(=O)c1c[nH]c(=O)[nH]c1=O. The summed E-state index contributed by atoms with van der Waals surface area (Å²) in [6, 6.07) is -0.827. The molecule has 106 valence electrons. The second-order valence-electron chi connectivity index (χ2n) is 4.26. The Hall–Kier alpha value is -2.71. The molecule has 0 spiro atoms. The Morgan fingerprint density at radius 2 is 2.05 bits per heavy atom. The van der Waals surface area contributed by atoms with Gasteiger partial charge in [0.15, 0.2) is 0 Å². The van der Waals surface area contributed by atoms with Crippen LogP contribution in [0.2, 0.25) is 0 Å². The normalized spacial score (nSPS) is 18.9. The standard InChI is InChI=1S/C11H12N4O5/c1-2-6-9(18)13-7(16)4-15(6)10(19)5-3-12-11(20)14-8(5)17/h3,6H,2,4H2,1H3,(H,13,16,18)(H2,12,14,17,20). The second kappa shape index (κ2) is 5.11. The lowest BCUT2D eigenvalue weighted by atomic mass is 10.1. The number of aromatic amines is 2. The maximum Gasteiger partial charge on any atom is 0.325 e. The molecular weight excluding hydrogens is 268 g/mol. The molecule has 0 saturated carbocycles. The van der Waals surface area contributed by atoms with E-state index < -0.39 is 35.0 Å². The first-order chi connectivity index (χ1) is 9.43. The van der Waals surface area contributed by atoms with Crippen LogP contribution < -0.4 is 16.6 Å². The second-order valence-corrected chi connectivity index (χ2v) is 4.26. The van der Waals surface area contributed by atoms with Crippen LogP contribution in [-0.4, -0.2) is 45.2 Å². The molecule has 2 rings (SSSR count). The van der Waals surface area contributed by atoms with Gasteiger partial charge < -0.3 is 9.88 Å². The third-order valence-electron chi connectivity index (χ3n) is 2.95. The van der Waals surface area contributed by atoms with Crippen LogP contribution in [0, 0.1) is 0 Å². The number of imide groups is 1. The number of H-pyrrole nitrogens is 2. The number of hydrogen-bond acceptors (Lipinski definition) is 5. The van der Waals surface area contributed by atoms with E-state index in [1.807, 2.05) is 4.98 Å². The molecule has 0 aromatic carbocycles. The number of rotatable bonds is 2. The number of carbonyl (C=O) groups excluding carboxylic acids is 3. The molecule has 1 fully saturated rings. The number of nitrogens with zero attached hydrogens (tertiary/aromatic N) is 1. The predicted octanol–water partition coefficient (Wildman–Crippen LogP) is -2.06. The zero-order valence-electron chi connectivity index (χ0n) is 10.6. The van der Waals surface area contributed by atoms with Crippen LogP contribution in [0.25, 0.3) is 0 Å². The maximum atomic E-state index is 12.2. The Balaban J connectivity index is 2.40. The highest BCUT2D eigenvalue weighted by Gasteiger charge is 2.36. The summed E-state index contributed by atoms with van der Waals surface area (Å²) in [4.78, 5) is 62.8. The fourth-order valence-corrected chi connectivity index (χ4v) is 2.01. The molecule has 1 saturated heterocycles. The summed E-state index contributed by atoms with van der Waals surface area (Å²) >= 11 is 0. The van der Waals surface area contributed by atoms with Crippen molar-refractivity contribution in [2.24, 2.45) is 0 Å². The summed E-state index contributed by atoms with van der Waals surface area (Å²) in [6.07, 6.45) is 1.26. The monoisotopic (exact) mass is 280 g/mol. The Kier molecular flexibility index (Phi) is 3.51. The molecule has 1 atom stereocenters. The number of aromatic nitrogens is 2. The number of hydrogen-bond donors (Lipinski definition) is 3. The Labute approximate surface area is 112 Å². The lowest BCUT2D eigenvalue weighted by Crippen LogP contribution is -2.60. The molecule has 0 radical (unpaired) electrons. The van der Waals surface area contributed by atoms with E-state index in [1.54, 1.807) is 6.92 Å². The fourth-order valence-electron chi connectivity index (χ4n) is 2.01. The minimum Gasteiger partial charge on any atom is -0.317 e. The molecule has 2 heterocycles. The minimum absolute atomic E-state index is 0.298. The Morgan fingerprint density at radius 1 is 1.35 bits per heavy atom. The van der Waals surface area contributed by atoms with Gasteiger partial charge in [0.05, 0.1) is 0 Å². The van der Waals surface area contributed by atoms with Gasteiger partial charge in [-0.3, -0.25) is 29.5 Å². The topological polar surface area (TPSA) is 132 Å². The first kappa shape index (κ1) is 13.7. The lowest BCUT2D eigenvalue weighted by Gasteiger charge is -2.33. The average molecular weight is 280 g/mol. The van der Waals surface area contributed by atoms with Crippen molar-refractivity contribution in [2.75, 3.05) is 6.54 Å². The van der Waals surface area contributed by atoms with E-state index >= 15 is 0 Å². The van der Waals surface area contributed by atoms with E-state index in [1.165, 1.54) is 0 Å². The maximum absolute atomic E-state index is 12.2. The number of carbonyl (C=O) groups is 3. The molecular formula is C11H12N4O5. The first-order valence-corrected chi connectivity index (χ1v) is 5.90. The van der Waals surface area contributed by atoms with Crippen LogP contribution in [0.4, 0.5) is 0 Å². The molecule has 1 aliphatic rings. The molecule has 3 N–H and O–H groups in total. The molecule has 1 aromatic rings. The molecule has 9 nitrogen and oxygen atoms in total. The van der Waals surface area contributed by atoms with Crippen LogP contribution in [0.5, 0.6) is 0 Å². The van der Waals surface area contributed by atoms with Gasteiger partial charge in [0, 0.05) is 6.20 Å². The molecule has 0 aliphatic carbocycles. The summed E-state index contributed by atoms with van der Waals surface area (Å²) in [5.41, 5.74) is -1.94. The summed E-state index contributed by atoms with van der Waals surface area (Å²) in [6.45, 7) is 1.36. The number of piperazine rings is 1. The first-order valence-electron chi connectivity index (χ1n) is 5.90. The van der Waals surface area contributed by atoms with E-state index in [-0.39, 0.29) is 12.1 Å². The van der Waals surface area contributed by atoms with Crippen molar-refractivity contribution < 1.29 is 14.4 Å². The average Bonchev–Trinajstić information content (AvgIpc) is 2.37. The molecule has 1 aromatic heterocycles. The highest BCUT2D eigenvalue weighted by Crippen LogP contribution is 2.11. The summed E-state index contributed by atoms with van der Waals surface area (Å²) < 4.78 is 0. The molecule has 1 aliphatic heterocycles. The van der Waals surface area contributed by atoms with Crippen molar-refractivity contribution in [3.63, 3.8) is 0 Å². The van der Waals surface area contributed by atoms with Crippen LogP contribution in [0.15, 0.2) is 15.8 Å². The highest BCUT2D eigenvalue weighted by molar-refractivity contribution is 6.07. The zero-order chi connectivity index (χ0) is 14.9. The summed E-state index contributed by atoms with van der Waals surface area (Å²) in [7, 11) is 0. The van der Waals surface area contributed by atoms with Crippen molar-refractivity contribution in [3.8, 4) is 0 Å². The third-order valence-corrected chi connectivity index (χ3v) is 2.95. The van der Waals surface area contributed by atoms with E-state index in [0.29, 0.717) is 6.42 Å². The number of nitrogens with one attached hydrogen (secondary N) is 3. The summed E-state index contributed by atoms with van der Waals surface area (Å²) in [5.74, 6) is -1.98. The van der Waals surface area contributed by atoms with Crippen molar-refractivity contribution in [3.05, 3.63) is 32.6 Å². The van der Waals surface area contributed by atoms with E-state index in [4.69, 9.17) is 0 Å². The molecule has 3 amide bonds. The quantitative estimate of drug-likeness (QED) is 0.536. The fraction of sp³-hybridized carbons (Fsp3) is 0.364. The van der Waals surface area contributed by atoms with Crippen LogP contribution >= 0.6 is 0 Å². The van der Waals surface area contributed by atoms with Gasteiger partial charge in [0.2, 0.25) is 11.8 Å². The van der Waals surface area contributed by atoms with Crippen molar-refractivity contribution >= 4 is 17.7 Å². The van der Waals surface area contributed by atoms with Gasteiger partial charge in [0.1, 0.15) is 18.2 Å². The Morgan fingerprint density at radius 3 is 2.65 bits per heavy atom. The molecule has 1 unspecified atom stereocenters. The zero-order valence-corrected chi connectivity index (χ0v) is 10.6. The van der Waals surface area contributed by atoms with E-state index in [0.717, 1.165) is 11.1 Å². The van der Waals surface area contributed by atoms with Crippen molar-refractivity contribution in [2.45, 2.75) is 19.4 Å². The van der Waals surface area contributed by atoms with Crippen molar-refractivity contribution in [1.29, 1.82) is 0 Å². The van der Waals surface area contributed by atoms with Crippen LogP contribution in [0.1, 0.15) is 23.7 Å². The largest absolute Gasteiger partial charge is 0.325 e. The van der Waals surface area contributed by atoms with Crippen LogP contribution in [-0.2, 0) is 9.59 Å². The summed E-state index contributed by atoms with van der Waals surface area (Å²) in [5, 5.41) is 2.12. The highest BCUT2D eigenvalue weighted by atomic mass is 16.2. The van der Waals surface area contributed by atoms with Gasteiger partial charge in [-0.25, -0.2) is 4.79 Å². The van der Waals surface area contributed by atoms with Gasteiger partial charge in [-0.05, 0) is 6.42 Å². The smallest absolute Gasteiger partial charge is 0.317 e. The molecule has 20 heavy (non-hydrogen) atoms. The third kappa shape index (κ3) is 2.37. The van der Waals surface area contributed by atoms with Gasteiger partial charge in [-0.15, -0.1) is 0 Å². The van der Waals surface area contributed by atoms with Gasteiger partial charge in [-0.2, -0.15) is 0 Å². The molecule has 9 heteroatoms. The van der Waals surface area contributed by atoms with Crippen LogP contribution in [0.3, 0.4) is 0 Å². The van der Waals surface area contributed by atoms with E-state index in [9.17, 15) is 24.0 Å². The minimum atomic E-state index is -0.868. The predicted molar refractivity (Wildman–Crippen MR) is 65.9 cm³/mol. The van der Waals surface area contributed by atoms with E-state index in [2.05, 4.69) is 10.3 Å². The van der Waals surface area contributed by atoms with Gasteiger partial charge >= 0.3 is 5.69 Å². The van der Waals surface area contributed by atoms with Gasteiger partial charge in [-0.1, -0.05) is 6.92 Å². The Bertz CT molecular complexity index is 689.